The molecule has 1 aliphatic heterocycles. The highest BCUT2D eigenvalue weighted by molar-refractivity contribution is 5.85. The van der Waals surface area contributed by atoms with Crippen molar-refractivity contribution in [2.24, 2.45) is 11.8 Å². The highest BCUT2D eigenvalue weighted by Crippen LogP contribution is 2.27. The molecule has 2 N–H and O–H groups in total. The Balaban J connectivity index is 0.00000162. The Bertz CT molecular complexity index is 251. The van der Waals surface area contributed by atoms with Crippen LogP contribution < -0.4 is 10.6 Å². The molecule has 0 aromatic carbocycles. The lowest BCUT2D eigenvalue weighted by molar-refractivity contribution is -0.122. The van der Waals surface area contributed by atoms with Gasteiger partial charge in [0.2, 0.25) is 5.91 Å². The van der Waals surface area contributed by atoms with Gasteiger partial charge in [-0.15, -0.1) is 12.4 Å². The Labute approximate surface area is 116 Å². The van der Waals surface area contributed by atoms with E-state index in [1.54, 1.807) is 0 Å². The fourth-order valence-corrected chi connectivity index (χ4v) is 2.48. The molecule has 2 fully saturated rings. The van der Waals surface area contributed by atoms with Gasteiger partial charge in [0.15, 0.2) is 0 Å². The standard InChI is InChI=1S/C13H25N3O.ClH/c1-14-8-12-4-6-16(7-5-12)10-13(17)15-9-11-2-3-11;/h11-12,14H,2-10H2,1H3,(H,15,17);1H. The van der Waals surface area contributed by atoms with E-state index in [1.165, 1.54) is 25.7 Å². The Hall–Kier alpha value is -0.320. The maximum absolute atomic E-state index is 11.7. The van der Waals surface area contributed by atoms with Gasteiger partial charge in [0.1, 0.15) is 0 Å². The lowest BCUT2D eigenvalue weighted by atomic mass is 9.97. The first kappa shape index (κ1) is 15.7. The molecule has 4 nitrogen and oxygen atoms in total. The molecule has 0 aromatic heterocycles. The molecule has 0 radical (unpaired) electrons. The van der Waals surface area contributed by atoms with Gasteiger partial charge >= 0.3 is 0 Å². The number of nitrogens with one attached hydrogen (secondary N) is 2. The Morgan fingerprint density at radius 2 is 1.72 bits per heavy atom. The number of nitrogens with zero attached hydrogens (tertiary/aromatic N) is 1. The van der Waals surface area contributed by atoms with Crippen LogP contribution in [0, 0.1) is 11.8 Å². The van der Waals surface area contributed by atoms with Gasteiger partial charge in [0, 0.05) is 6.54 Å². The molecule has 1 amide bonds. The number of likely N-dealkylation sites (tertiary alicyclic amines) is 1. The smallest absolute Gasteiger partial charge is 0.234 e. The molecular formula is C13H26ClN3O. The highest BCUT2D eigenvalue weighted by Gasteiger charge is 2.23. The van der Waals surface area contributed by atoms with Crippen LogP contribution in [0.4, 0.5) is 0 Å². The number of halogens is 1. The van der Waals surface area contributed by atoms with E-state index in [-0.39, 0.29) is 18.3 Å². The zero-order valence-corrected chi connectivity index (χ0v) is 12.1. The van der Waals surface area contributed by atoms with Crippen molar-refractivity contribution in [1.29, 1.82) is 0 Å². The number of rotatable bonds is 6. The maximum atomic E-state index is 11.7. The van der Waals surface area contributed by atoms with Crippen LogP contribution in [-0.2, 0) is 4.79 Å². The molecule has 1 saturated carbocycles. The highest BCUT2D eigenvalue weighted by atomic mass is 35.5. The molecule has 0 unspecified atom stereocenters. The van der Waals surface area contributed by atoms with Crippen LogP contribution >= 0.6 is 12.4 Å². The number of hydrogen-bond donors (Lipinski definition) is 2. The summed E-state index contributed by atoms with van der Waals surface area (Å²) in [4.78, 5) is 14.0. The van der Waals surface area contributed by atoms with Gasteiger partial charge in [-0.2, -0.15) is 0 Å². The monoisotopic (exact) mass is 275 g/mol. The zero-order chi connectivity index (χ0) is 12.1. The van der Waals surface area contributed by atoms with E-state index in [0.29, 0.717) is 6.54 Å². The summed E-state index contributed by atoms with van der Waals surface area (Å²) < 4.78 is 0. The Kier molecular flexibility index (Phi) is 6.97. The van der Waals surface area contributed by atoms with Crippen LogP contribution in [0.3, 0.4) is 0 Å². The van der Waals surface area contributed by atoms with E-state index in [4.69, 9.17) is 0 Å². The second-order valence-electron chi connectivity index (χ2n) is 5.52. The molecule has 2 rings (SSSR count). The van der Waals surface area contributed by atoms with Crippen molar-refractivity contribution in [3.05, 3.63) is 0 Å². The SMILES string of the molecule is CNCC1CCN(CC(=O)NCC2CC2)CC1.Cl. The Morgan fingerprint density at radius 3 is 2.28 bits per heavy atom. The first-order valence-corrected chi connectivity index (χ1v) is 6.91. The molecule has 0 atom stereocenters. The summed E-state index contributed by atoms with van der Waals surface area (Å²) >= 11 is 0. The van der Waals surface area contributed by atoms with Crippen molar-refractivity contribution in [2.45, 2.75) is 25.7 Å². The topological polar surface area (TPSA) is 44.4 Å². The summed E-state index contributed by atoms with van der Waals surface area (Å²) in [6.07, 6.45) is 5.04. The predicted molar refractivity (Wildman–Crippen MR) is 76.1 cm³/mol. The average Bonchev–Trinajstić information content (AvgIpc) is 3.13. The summed E-state index contributed by atoms with van der Waals surface area (Å²) in [7, 11) is 2.01. The molecule has 106 valence electrons. The zero-order valence-electron chi connectivity index (χ0n) is 11.3. The quantitative estimate of drug-likeness (QED) is 0.756. The minimum absolute atomic E-state index is 0. The summed E-state index contributed by atoms with van der Waals surface area (Å²) in [5.74, 6) is 1.79. The van der Waals surface area contributed by atoms with Crippen molar-refractivity contribution < 1.29 is 4.79 Å². The minimum Gasteiger partial charge on any atom is -0.355 e. The maximum Gasteiger partial charge on any atom is 0.234 e. The lowest BCUT2D eigenvalue weighted by Crippen LogP contribution is -2.43. The second-order valence-corrected chi connectivity index (χ2v) is 5.52. The molecule has 0 spiro atoms. The van der Waals surface area contributed by atoms with Crippen LogP contribution in [0.2, 0.25) is 0 Å². The van der Waals surface area contributed by atoms with Crippen molar-refractivity contribution in [3.8, 4) is 0 Å². The molecule has 1 heterocycles. The van der Waals surface area contributed by atoms with Crippen LogP contribution in [0.15, 0.2) is 0 Å². The third-order valence-electron chi connectivity index (χ3n) is 3.85. The number of hydrogen-bond acceptors (Lipinski definition) is 3. The summed E-state index contributed by atoms with van der Waals surface area (Å²) in [5.41, 5.74) is 0. The molecule has 18 heavy (non-hydrogen) atoms. The largest absolute Gasteiger partial charge is 0.355 e. The molecule has 2 aliphatic rings. The van der Waals surface area contributed by atoms with E-state index in [9.17, 15) is 4.79 Å². The van der Waals surface area contributed by atoms with Crippen LogP contribution in [0.1, 0.15) is 25.7 Å². The fraction of sp³-hybridized carbons (Fsp3) is 0.923. The van der Waals surface area contributed by atoms with Gasteiger partial charge < -0.3 is 10.6 Å². The normalized spacial score (nSPS) is 21.4. The van der Waals surface area contributed by atoms with E-state index in [2.05, 4.69) is 15.5 Å². The van der Waals surface area contributed by atoms with Crippen molar-refractivity contribution in [2.75, 3.05) is 39.8 Å². The van der Waals surface area contributed by atoms with E-state index in [1.807, 2.05) is 7.05 Å². The van der Waals surface area contributed by atoms with Crippen molar-refractivity contribution >= 4 is 18.3 Å². The molecule has 1 saturated heterocycles. The molecule has 1 aliphatic carbocycles. The molecular weight excluding hydrogens is 250 g/mol. The van der Waals surface area contributed by atoms with Crippen molar-refractivity contribution in [3.63, 3.8) is 0 Å². The van der Waals surface area contributed by atoms with E-state index in [0.717, 1.165) is 38.0 Å². The first-order valence-electron chi connectivity index (χ1n) is 6.91. The third kappa shape index (κ3) is 5.55. The van der Waals surface area contributed by atoms with Crippen molar-refractivity contribution in [1.82, 2.24) is 15.5 Å². The van der Waals surface area contributed by atoms with E-state index >= 15 is 0 Å². The number of amides is 1. The van der Waals surface area contributed by atoms with Gasteiger partial charge in [-0.05, 0) is 64.2 Å². The minimum atomic E-state index is 0. The summed E-state index contributed by atoms with van der Waals surface area (Å²) in [6.45, 7) is 4.75. The van der Waals surface area contributed by atoms with Gasteiger partial charge in [-0.25, -0.2) is 0 Å². The average molecular weight is 276 g/mol. The second kappa shape index (κ2) is 7.97. The van der Waals surface area contributed by atoms with Gasteiger partial charge in [0.05, 0.1) is 6.54 Å². The number of piperidine rings is 1. The predicted octanol–water partition coefficient (Wildman–Crippen LogP) is 0.866. The summed E-state index contributed by atoms with van der Waals surface area (Å²) in [5, 5.41) is 6.27. The first-order chi connectivity index (χ1) is 8.28. The van der Waals surface area contributed by atoms with Crippen LogP contribution in [-0.4, -0.2) is 50.6 Å². The Morgan fingerprint density at radius 1 is 1.11 bits per heavy atom. The van der Waals surface area contributed by atoms with Crippen LogP contribution in [0.5, 0.6) is 0 Å². The fourth-order valence-electron chi connectivity index (χ4n) is 2.48. The number of carbonyl (C=O) groups excluding carboxylic acids is 1. The van der Waals surface area contributed by atoms with Crippen LogP contribution in [0.25, 0.3) is 0 Å². The van der Waals surface area contributed by atoms with Gasteiger partial charge in [0.25, 0.3) is 0 Å². The van der Waals surface area contributed by atoms with Gasteiger partial charge in [-0.1, -0.05) is 0 Å². The number of carbonyl (C=O) groups is 1. The third-order valence-corrected chi connectivity index (χ3v) is 3.85. The van der Waals surface area contributed by atoms with E-state index < -0.39 is 0 Å². The summed E-state index contributed by atoms with van der Waals surface area (Å²) in [6, 6.07) is 0. The van der Waals surface area contributed by atoms with Gasteiger partial charge in [-0.3, -0.25) is 9.69 Å². The molecule has 5 heteroatoms. The molecule has 0 bridgehead atoms. The lowest BCUT2D eigenvalue weighted by Gasteiger charge is -2.31. The molecule has 0 aromatic rings.